The van der Waals surface area contributed by atoms with Crippen LogP contribution in [-0.4, -0.2) is 6.29 Å². The summed E-state index contributed by atoms with van der Waals surface area (Å²) in [6.07, 6.45) is 2.58. The largest absolute Gasteiger partial charge is 0.304 e. The average molecular weight is 164 g/mol. The van der Waals surface area contributed by atoms with E-state index in [-0.39, 0.29) is 7.43 Å². The quantitative estimate of drug-likeness (QED) is 0.583. The molecule has 0 bridgehead atoms. The van der Waals surface area contributed by atoms with Crippen molar-refractivity contribution < 1.29 is 4.79 Å². The van der Waals surface area contributed by atoms with E-state index in [9.17, 15) is 0 Å². The normalized spacial score (nSPS) is 6.75. The summed E-state index contributed by atoms with van der Waals surface area (Å²) in [5.74, 6) is 0. The zero-order valence-corrected chi connectivity index (χ0v) is 6.66. The highest BCUT2D eigenvalue weighted by Gasteiger charge is 1.75. The summed E-state index contributed by atoms with van der Waals surface area (Å²) in [5.41, 5.74) is 1.17. The van der Waals surface area contributed by atoms with Crippen molar-refractivity contribution in [2.24, 2.45) is 0 Å². The van der Waals surface area contributed by atoms with Crippen LogP contribution in [0.15, 0.2) is 36.9 Å². The highest BCUT2D eigenvalue weighted by molar-refractivity contribution is 5.45. The Labute approximate surface area is 74.7 Å². The van der Waals surface area contributed by atoms with Gasteiger partial charge in [0.2, 0.25) is 0 Å². The molecule has 0 aliphatic carbocycles. The molecule has 0 fully saturated rings. The Morgan fingerprint density at radius 1 is 1.25 bits per heavy atom. The van der Waals surface area contributed by atoms with E-state index in [0.29, 0.717) is 0 Å². The van der Waals surface area contributed by atoms with Crippen LogP contribution in [0.5, 0.6) is 0 Å². The van der Waals surface area contributed by atoms with Crippen LogP contribution in [0, 0.1) is 0 Å². The average Bonchev–Trinajstić information content (AvgIpc) is 2.08. The molecule has 0 aliphatic rings. The first kappa shape index (κ1) is 13.2. The SMILES string of the molecule is C.C=Cc1ccccc1.CC=O. The van der Waals surface area contributed by atoms with E-state index >= 15 is 0 Å². The number of carbonyl (C=O) groups excluding carboxylic acids is 1. The number of benzene rings is 1. The first-order valence-corrected chi connectivity index (χ1v) is 3.42. The molecule has 0 aliphatic heterocycles. The lowest BCUT2D eigenvalue weighted by Gasteiger charge is -1.85. The summed E-state index contributed by atoms with van der Waals surface area (Å²) in [4.78, 5) is 8.81. The predicted octanol–water partition coefficient (Wildman–Crippen LogP) is 3.17. The molecule has 0 saturated carbocycles. The zero-order chi connectivity index (χ0) is 8.53. The minimum atomic E-state index is 0. The Morgan fingerprint density at radius 2 is 1.67 bits per heavy atom. The van der Waals surface area contributed by atoms with E-state index in [1.54, 1.807) is 0 Å². The molecule has 1 heteroatoms. The minimum Gasteiger partial charge on any atom is -0.304 e. The molecular formula is C11H16O. The van der Waals surface area contributed by atoms with Gasteiger partial charge >= 0.3 is 0 Å². The van der Waals surface area contributed by atoms with Crippen LogP contribution in [-0.2, 0) is 4.79 Å². The van der Waals surface area contributed by atoms with Crippen molar-refractivity contribution in [1.82, 2.24) is 0 Å². The van der Waals surface area contributed by atoms with Crippen molar-refractivity contribution in [3.8, 4) is 0 Å². The molecule has 0 amide bonds. The second-order valence-corrected chi connectivity index (χ2v) is 1.85. The first-order valence-electron chi connectivity index (χ1n) is 3.42. The molecule has 66 valence electrons. The van der Waals surface area contributed by atoms with Gasteiger partial charge in [0.05, 0.1) is 0 Å². The molecule has 1 rings (SSSR count). The smallest absolute Gasteiger partial charge is 0.116 e. The summed E-state index contributed by atoms with van der Waals surface area (Å²) >= 11 is 0. The van der Waals surface area contributed by atoms with Gasteiger partial charge in [0.15, 0.2) is 0 Å². The van der Waals surface area contributed by atoms with Gasteiger partial charge in [-0.2, -0.15) is 0 Å². The Hall–Kier alpha value is -1.37. The predicted molar refractivity (Wildman–Crippen MR) is 55.0 cm³/mol. The third-order valence-electron chi connectivity index (χ3n) is 1.04. The lowest BCUT2D eigenvalue weighted by atomic mass is 10.2. The van der Waals surface area contributed by atoms with Gasteiger partial charge in [-0.3, -0.25) is 0 Å². The molecule has 0 atom stereocenters. The first-order chi connectivity index (χ1) is 5.35. The molecular weight excluding hydrogens is 148 g/mol. The Morgan fingerprint density at radius 3 is 1.92 bits per heavy atom. The second-order valence-electron chi connectivity index (χ2n) is 1.85. The van der Waals surface area contributed by atoms with Crippen molar-refractivity contribution in [1.29, 1.82) is 0 Å². The molecule has 0 aromatic heterocycles. The monoisotopic (exact) mass is 164 g/mol. The summed E-state index contributed by atoms with van der Waals surface area (Å²) in [6, 6.07) is 10.0. The standard InChI is InChI=1S/C8H8.C2H4O.CH4/c1-2-8-6-4-3-5-7-8;1-2-3;/h2-7H,1H2;2H,1H3;1H4. The van der Waals surface area contributed by atoms with Crippen molar-refractivity contribution >= 4 is 12.4 Å². The van der Waals surface area contributed by atoms with E-state index in [0.717, 1.165) is 6.29 Å². The molecule has 0 saturated heterocycles. The molecule has 1 aromatic rings. The van der Waals surface area contributed by atoms with Crippen molar-refractivity contribution in [2.45, 2.75) is 14.4 Å². The van der Waals surface area contributed by atoms with Crippen LogP contribution < -0.4 is 0 Å². The molecule has 0 heterocycles. The Balaban J connectivity index is 0. The fourth-order valence-electron chi connectivity index (χ4n) is 0.589. The molecule has 1 nitrogen and oxygen atoms in total. The highest BCUT2D eigenvalue weighted by atomic mass is 16.1. The van der Waals surface area contributed by atoms with Crippen LogP contribution >= 0.6 is 0 Å². The zero-order valence-electron chi connectivity index (χ0n) is 6.66. The van der Waals surface area contributed by atoms with Crippen LogP contribution in [0.4, 0.5) is 0 Å². The third kappa shape index (κ3) is 6.75. The van der Waals surface area contributed by atoms with Gasteiger partial charge in [-0.05, 0) is 12.5 Å². The van der Waals surface area contributed by atoms with Gasteiger partial charge in [0, 0.05) is 0 Å². The lowest BCUT2D eigenvalue weighted by molar-refractivity contribution is -0.106. The third-order valence-corrected chi connectivity index (χ3v) is 1.04. The van der Waals surface area contributed by atoms with Crippen LogP contribution in [0.25, 0.3) is 6.08 Å². The second kappa shape index (κ2) is 9.63. The van der Waals surface area contributed by atoms with Gasteiger partial charge in [-0.15, -0.1) is 0 Å². The van der Waals surface area contributed by atoms with E-state index < -0.39 is 0 Å². The fourth-order valence-corrected chi connectivity index (χ4v) is 0.589. The van der Waals surface area contributed by atoms with Crippen LogP contribution in [0.3, 0.4) is 0 Å². The highest BCUT2D eigenvalue weighted by Crippen LogP contribution is 1.97. The van der Waals surface area contributed by atoms with E-state index in [2.05, 4.69) is 6.58 Å². The number of rotatable bonds is 1. The fraction of sp³-hybridized carbons (Fsp3) is 0.182. The summed E-state index contributed by atoms with van der Waals surface area (Å²) < 4.78 is 0. The number of hydrogen-bond donors (Lipinski definition) is 0. The van der Waals surface area contributed by atoms with Gasteiger partial charge in [-0.1, -0.05) is 50.4 Å². The maximum Gasteiger partial charge on any atom is 0.116 e. The molecule has 0 N–H and O–H groups in total. The van der Waals surface area contributed by atoms with Crippen LogP contribution in [0.2, 0.25) is 0 Å². The van der Waals surface area contributed by atoms with E-state index in [1.165, 1.54) is 12.5 Å². The van der Waals surface area contributed by atoms with Gasteiger partial charge in [0.1, 0.15) is 6.29 Å². The topological polar surface area (TPSA) is 17.1 Å². The Kier molecular flexibility index (Phi) is 10.6. The molecule has 1 aromatic carbocycles. The van der Waals surface area contributed by atoms with E-state index in [1.807, 2.05) is 36.4 Å². The maximum absolute atomic E-state index is 8.81. The number of carbonyl (C=O) groups is 1. The Bertz CT molecular complexity index is 202. The van der Waals surface area contributed by atoms with Gasteiger partial charge in [-0.25, -0.2) is 0 Å². The maximum atomic E-state index is 8.81. The van der Waals surface area contributed by atoms with Gasteiger partial charge < -0.3 is 4.79 Å². The molecule has 0 spiro atoms. The van der Waals surface area contributed by atoms with Crippen molar-refractivity contribution in [2.75, 3.05) is 0 Å². The molecule has 0 radical (unpaired) electrons. The summed E-state index contributed by atoms with van der Waals surface area (Å²) in [5, 5.41) is 0. The van der Waals surface area contributed by atoms with Crippen molar-refractivity contribution in [3.05, 3.63) is 42.5 Å². The summed E-state index contributed by atoms with van der Waals surface area (Å²) in [6.45, 7) is 5.08. The van der Waals surface area contributed by atoms with Crippen LogP contribution in [0.1, 0.15) is 19.9 Å². The van der Waals surface area contributed by atoms with E-state index in [4.69, 9.17) is 4.79 Å². The summed E-state index contributed by atoms with van der Waals surface area (Å²) in [7, 11) is 0. The lowest BCUT2D eigenvalue weighted by Crippen LogP contribution is -1.63. The minimum absolute atomic E-state index is 0. The number of aldehydes is 1. The van der Waals surface area contributed by atoms with Crippen molar-refractivity contribution in [3.63, 3.8) is 0 Å². The molecule has 0 unspecified atom stereocenters. The van der Waals surface area contributed by atoms with Gasteiger partial charge in [0.25, 0.3) is 0 Å². The number of hydrogen-bond acceptors (Lipinski definition) is 1. The molecule has 12 heavy (non-hydrogen) atoms.